The highest BCUT2D eigenvalue weighted by atomic mass is 32.2. The van der Waals surface area contributed by atoms with Gasteiger partial charge >= 0.3 is 0 Å². The van der Waals surface area contributed by atoms with Crippen molar-refractivity contribution in [2.24, 2.45) is 0 Å². The summed E-state index contributed by atoms with van der Waals surface area (Å²) >= 11 is 1.01. The summed E-state index contributed by atoms with van der Waals surface area (Å²) in [5, 5.41) is 25.8. The lowest BCUT2D eigenvalue weighted by atomic mass is 10.2. The van der Waals surface area contributed by atoms with Gasteiger partial charge < -0.3 is 10.6 Å². The summed E-state index contributed by atoms with van der Waals surface area (Å²) in [5.74, 6) is -0.596. The second-order valence-corrected chi connectivity index (χ2v) is 7.25. The molecule has 8 nitrogen and oxygen atoms in total. The maximum absolute atomic E-state index is 14.0. The van der Waals surface area contributed by atoms with Gasteiger partial charge in [0.2, 0.25) is 0 Å². The number of hydrogen-bond donors (Lipinski definition) is 2. The first-order valence-electron chi connectivity index (χ1n) is 9.07. The molecule has 0 radical (unpaired) electrons. The van der Waals surface area contributed by atoms with Gasteiger partial charge in [0.25, 0.3) is 11.6 Å². The van der Waals surface area contributed by atoms with E-state index in [4.69, 9.17) is 5.26 Å². The highest BCUT2D eigenvalue weighted by molar-refractivity contribution is 7.99. The van der Waals surface area contributed by atoms with Crippen molar-refractivity contribution in [2.75, 3.05) is 18.4 Å². The number of pyridine rings is 1. The predicted molar refractivity (Wildman–Crippen MR) is 113 cm³/mol. The number of hydrogen-bond acceptors (Lipinski definition) is 7. The number of non-ortho nitro benzene ring substituents is 1. The van der Waals surface area contributed by atoms with Gasteiger partial charge in [-0.25, -0.2) is 9.37 Å². The van der Waals surface area contributed by atoms with Crippen LogP contribution >= 0.6 is 11.8 Å². The monoisotopic (exact) mass is 437 g/mol. The number of carbonyl (C=O) groups is 1. The summed E-state index contributed by atoms with van der Waals surface area (Å²) < 4.78 is 14.0. The fourth-order valence-corrected chi connectivity index (χ4v) is 3.58. The van der Waals surface area contributed by atoms with Gasteiger partial charge in [0.15, 0.2) is 0 Å². The van der Waals surface area contributed by atoms with E-state index < -0.39 is 16.6 Å². The zero-order chi connectivity index (χ0) is 22.2. The molecule has 0 atom stereocenters. The van der Waals surface area contributed by atoms with Crippen molar-refractivity contribution in [3.05, 3.63) is 87.9 Å². The summed E-state index contributed by atoms with van der Waals surface area (Å²) in [7, 11) is 0. The third-order valence-corrected chi connectivity index (χ3v) is 5.23. The van der Waals surface area contributed by atoms with Crippen molar-refractivity contribution >= 4 is 29.2 Å². The molecular formula is C21H16FN5O3S. The van der Waals surface area contributed by atoms with Gasteiger partial charge in [-0.2, -0.15) is 5.26 Å². The maximum atomic E-state index is 14.0. The first-order valence-corrected chi connectivity index (χ1v) is 9.89. The van der Waals surface area contributed by atoms with Gasteiger partial charge in [0.05, 0.1) is 16.1 Å². The molecule has 2 N–H and O–H groups in total. The number of rotatable bonds is 8. The number of nitriles is 1. The van der Waals surface area contributed by atoms with Crippen LogP contribution in [0.15, 0.2) is 70.6 Å². The SMILES string of the molecule is N#Cc1cccnc1NCCNC(=O)c1cc([N+](=O)[O-])ccc1Sc1ccccc1F. The zero-order valence-electron chi connectivity index (χ0n) is 16.0. The highest BCUT2D eigenvalue weighted by Gasteiger charge is 2.18. The molecule has 0 bridgehead atoms. The van der Waals surface area contributed by atoms with Gasteiger partial charge in [0.1, 0.15) is 17.7 Å². The van der Waals surface area contributed by atoms with Crippen molar-refractivity contribution in [2.45, 2.75) is 9.79 Å². The van der Waals surface area contributed by atoms with Crippen molar-refractivity contribution in [3.8, 4) is 6.07 Å². The van der Waals surface area contributed by atoms with Crippen molar-refractivity contribution in [1.82, 2.24) is 10.3 Å². The Morgan fingerprint density at radius 1 is 1.16 bits per heavy atom. The Hall–Kier alpha value is -3.97. The lowest BCUT2D eigenvalue weighted by Crippen LogP contribution is -2.29. The number of amides is 1. The van der Waals surface area contributed by atoms with Crippen LogP contribution in [0, 0.1) is 27.3 Å². The molecule has 0 fully saturated rings. The van der Waals surface area contributed by atoms with Crippen molar-refractivity contribution in [1.29, 1.82) is 5.26 Å². The lowest BCUT2D eigenvalue weighted by Gasteiger charge is -2.11. The molecule has 0 aliphatic rings. The van der Waals surface area contributed by atoms with Crippen LogP contribution in [0.5, 0.6) is 0 Å². The van der Waals surface area contributed by atoms with Crippen LogP contribution in [0.3, 0.4) is 0 Å². The van der Waals surface area contributed by atoms with Gasteiger partial charge in [-0.1, -0.05) is 23.9 Å². The number of benzene rings is 2. The molecule has 0 saturated carbocycles. The van der Waals surface area contributed by atoms with Gasteiger partial charge in [-0.3, -0.25) is 14.9 Å². The van der Waals surface area contributed by atoms with E-state index in [-0.39, 0.29) is 24.3 Å². The van der Waals surface area contributed by atoms with Crippen LogP contribution in [0.2, 0.25) is 0 Å². The minimum atomic E-state index is -0.597. The molecule has 2 aromatic carbocycles. The Labute approximate surface area is 181 Å². The van der Waals surface area contributed by atoms with E-state index in [1.165, 1.54) is 30.5 Å². The summed E-state index contributed by atoms with van der Waals surface area (Å²) in [5.41, 5.74) is 0.197. The summed E-state index contributed by atoms with van der Waals surface area (Å²) in [6.07, 6.45) is 1.54. The van der Waals surface area contributed by atoms with E-state index in [0.29, 0.717) is 21.2 Å². The first kappa shape index (κ1) is 21.7. The average Bonchev–Trinajstić information content (AvgIpc) is 2.78. The van der Waals surface area contributed by atoms with E-state index in [9.17, 15) is 19.3 Å². The molecule has 1 heterocycles. The van der Waals surface area contributed by atoms with Crippen LogP contribution in [-0.4, -0.2) is 28.9 Å². The Balaban J connectivity index is 1.72. The maximum Gasteiger partial charge on any atom is 0.270 e. The van der Waals surface area contributed by atoms with E-state index in [2.05, 4.69) is 15.6 Å². The van der Waals surface area contributed by atoms with Crippen molar-refractivity contribution < 1.29 is 14.1 Å². The second kappa shape index (κ2) is 10.2. The average molecular weight is 437 g/mol. The number of carbonyl (C=O) groups excluding carboxylic acids is 1. The summed E-state index contributed by atoms with van der Waals surface area (Å²) in [6, 6.07) is 15.2. The molecule has 0 unspecified atom stereocenters. The standard InChI is InChI=1S/C21H16FN5O3S/c22-17-5-1-2-6-19(17)31-18-8-7-15(27(29)30)12-16(18)21(28)26-11-10-25-20-14(13-23)4-3-9-24-20/h1-9,12H,10-11H2,(H,24,25)(H,26,28). The van der Waals surface area contributed by atoms with Gasteiger partial charge in [-0.15, -0.1) is 0 Å². The number of nitrogens with one attached hydrogen (secondary N) is 2. The van der Waals surface area contributed by atoms with Crippen LogP contribution in [-0.2, 0) is 0 Å². The number of nitro groups is 1. The fraction of sp³-hybridized carbons (Fsp3) is 0.0952. The number of nitro benzene ring substituents is 1. The fourth-order valence-electron chi connectivity index (χ4n) is 2.63. The molecule has 0 saturated heterocycles. The first-order chi connectivity index (χ1) is 15.0. The largest absolute Gasteiger partial charge is 0.367 e. The molecule has 3 aromatic rings. The van der Waals surface area contributed by atoms with E-state index in [0.717, 1.165) is 11.8 Å². The molecule has 1 aromatic heterocycles. The molecule has 3 rings (SSSR count). The van der Waals surface area contributed by atoms with Crippen LogP contribution < -0.4 is 10.6 Å². The Kier molecular flexibility index (Phi) is 7.13. The molecule has 156 valence electrons. The Morgan fingerprint density at radius 2 is 1.97 bits per heavy atom. The second-order valence-electron chi connectivity index (χ2n) is 6.16. The molecule has 0 spiro atoms. The number of halogens is 1. The van der Waals surface area contributed by atoms with Gasteiger partial charge in [0, 0.05) is 41.2 Å². The van der Waals surface area contributed by atoms with Crippen LogP contribution in [0.4, 0.5) is 15.9 Å². The normalized spacial score (nSPS) is 10.2. The van der Waals surface area contributed by atoms with Crippen molar-refractivity contribution in [3.63, 3.8) is 0 Å². The van der Waals surface area contributed by atoms with E-state index in [1.807, 2.05) is 6.07 Å². The number of anilines is 1. The third kappa shape index (κ3) is 5.55. The third-order valence-electron chi connectivity index (χ3n) is 4.11. The van der Waals surface area contributed by atoms with Gasteiger partial charge in [-0.05, 0) is 30.3 Å². The molecule has 10 heteroatoms. The molecule has 1 amide bonds. The van der Waals surface area contributed by atoms with E-state index >= 15 is 0 Å². The predicted octanol–water partition coefficient (Wildman–Crippen LogP) is 3.99. The molecule has 0 aliphatic heterocycles. The molecule has 31 heavy (non-hydrogen) atoms. The molecule has 0 aliphatic carbocycles. The Morgan fingerprint density at radius 3 is 2.71 bits per heavy atom. The smallest absolute Gasteiger partial charge is 0.270 e. The summed E-state index contributed by atoms with van der Waals surface area (Å²) in [4.78, 5) is 28.0. The highest BCUT2D eigenvalue weighted by Crippen LogP contribution is 2.34. The Bertz CT molecular complexity index is 1170. The minimum absolute atomic E-state index is 0.0676. The summed E-state index contributed by atoms with van der Waals surface area (Å²) in [6.45, 7) is 0.453. The lowest BCUT2D eigenvalue weighted by molar-refractivity contribution is -0.384. The molecular weight excluding hydrogens is 421 g/mol. The quantitative estimate of drug-likeness (QED) is 0.310. The van der Waals surface area contributed by atoms with Crippen LogP contribution in [0.1, 0.15) is 15.9 Å². The topological polar surface area (TPSA) is 121 Å². The van der Waals surface area contributed by atoms with E-state index in [1.54, 1.807) is 30.3 Å². The number of nitrogens with zero attached hydrogens (tertiary/aromatic N) is 3. The minimum Gasteiger partial charge on any atom is -0.367 e. The number of aromatic nitrogens is 1. The zero-order valence-corrected chi connectivity index (χ0v) is 16.9. The van der Waals surface area contributed by atoms with Crippen LogP contribution in [0.25, 0.3) is 0 Å².